The number of hydrogen-bond acceptors (Lipinski definition) is 2. The van der Waals surface area contributed by atoms with Gasteiger partial charge in [0.25, 0.3) is 0 Å². The fourth-order valence-corrected chi connectivity index (χ4v) is 13.4. The zero-order chi connectivity index (χ0) is 11.2. The van der Waals surface area contributed by atoms with E-state index in [0.29, 0.717) is 0 Å². The van der Waals surface area contributed by atoms with Crippen molar-refractivity contribution >= 4 is 32.6 Å². The van der Waals surface area contributed by atoms with E-state index in [1.807, 2.05) is 6.07 Å². The molecule has 0 radical (unpaired) electrons. The molecule has 5 rings (SSSR count). The van der Waals surface area contributed by atoms with Gasteiger partial charge in [0.15, 0.2) is 0 Å². The van der Waals surface area contributed by atoms with Gasteiger partial charge in [0.2, 0.25) is 0 Å². The van der Waals surface area contributed by atoms with Gasteiger partial charge in [-0.3, -0.25) is 0 Å². The summed E-state index contributed by atoms with van der Waals surface area (Å²) in [6, 6.07) is 3.54. The van der Waals surface area contributed by atoms with Gasteiger partial charge in [-0.1, -0.05) is 0 Å². The summed E-state index contributed by atoms with van der Waals surface area (Å²) in [5.41, 5.74) is 0. The molecule has 3 nitrogen and oxygen atoms in total. The van der Waals surface area contributed by atoms with E-state index in [1.165, 1.54) is 42.2 Å². The fourth-order valence-electron chi connectivity index (χ4n) is 3.98. The van der Waals surface area contributed by atoms with Crippen LogP contribution in [0, 0.1) is 0 Å². The number of benzene rings is 1. The molecule has 0 amide bonds. The van der Waals surface area contributed by atoms with Crippen LogP contribution in [0.1, 0.15) is 19.3 Å². The van der Waals surface area contributed by atoms with E-state index in [-0.39, 0.29) is 4.90 Å². The van der Waals surface area contributed by atoms with Crippen LogP contribution >= 0.6 is 6.60 Å². The third-order valence-electron chi connectivity index (χ3n) is 4.74. The van der Waals surface area contributed by atoms with Crippen molar-refractivity contribution in [2.75, 3.05) is 12.3 Å². The number of hydrogen-bond donors (Lipinski definition) is 1. The Hall–Kier alpha value is -0.440. The Kier molecular flexibility index (Phi) is 1.34. The summed E-state index contributed by atoms with van der Waals surface area (Å²) in [7, 11) is -4.01. The molecule has 0 atom stereocenters. The van der Waals surface area contributed by atoms with Crippen LogP contribution in [-0.2, 0) is 10.1 Å². The summed E-state index contributed by atoms with van der Waals surface area (Å²) in [5, 5.41) is 3.93. The first kappa shape index (κ1) is 9.58. The Bertz CT molecular complexity index is 641. The summed E-state index contributed by atoms with van der Waals surface area (Å²) in [5.74, 6) is 0. The van der Waals surface area contributed by atoms with Crippen molar-refractivity contribution in [2.45, 2.75) is 24.2 Å². The van der Waals surface area contributed by atoms with Crippen molar-refractivity contribution in [3.05, 3.63) is 12.1 Å². The van der Waals surface area contributed by atoms with E-state index in [9.17, 15) is 13.0 Å². The average Bonchev–Trinajstić information content (AvgIpc) is 3.04. The van der Waals surface area contributed by atoms with Gasteiger partial charge in [0.05, 0.1) is 0 Å². The molecule has 1 fully saturated rings. The predicted molar refractivity (Wildman–Crippen MR) is 65.7 cm³/mol. The van der Waals surface area contributed by atoms with Crippen molar-refractivity contribution in [3.63, 3.8) is 0 Å². The molecule has 1 spiro atoms. The van der Waals surface area contributed by atoms with Crippen molar-refractivity contribution in [3.8, 4) is 0 Å². The van der Waals surface area contributed by atoms with Crippen LogP contribution < -0.4 is 15.9 Å². The SMILES string of the molecule is O=S(=O)(O)c1ccc2c3c1P231CCCCC1. The van der Waals surface area contributed by atoms with Gasteiger partial charge in [-0.2, -0.15) is 0 Å². The van der Waals surface area contributed by atoms with Gasteiger partial charge < -0.3 is 0 Å². The molecule has 2 bridgehead atoms. The Morgan fingerprint density at radius 2 is 1.75 bits per heavy atom. The van der Waals surface area contributed by atoms with E-state index >= 15 is 0 Å². The maximum absolute atomic E-state index is 11.3. The molecule has 5 heteroatoms. The van der Waals surface area contributed by atoms with Gasteiger partial charge in [-0.15, -0.1) is 0 Å². The fraction of sp³-hybridized carbons (Fsp3) is 0.455. The standard InChI is InChI=1S/C11H13O3PS/c12-16(13,14)9-5-4-8-10-11(9)15(8,10)6-2-1-3-7-15/h4-5H,1-3,6-7H2,(H,12,13,14). The predicted octanol–water partition coefficient (Wildman–Crippen LogP) is 0.574. The molecule has 4 heterocycles. The Labute approximate surface area is 94.5 Å². The van der Waals surface area contributed by atoms with Crippen molar-refractivity contribution < 1.29 is 13.0 Å². The molecular formula is C11H13O3PS. The molecule has 0 aromatic heterocycles. The summed E-state index contributed by atoms with van der Waals surface area (Å²) < 4.78 is 31.8. The zero-order valence-electron chi connectivity index (χ0n) is 8.81. The van der Waals surface area contributed by atoms with Gasteiger partial charge >= 0.3 is 94.2 Å². The van der Waals surface area contributed by atoms with Crippen molar-refractivity contribution in [1.29, 1.82) is 0 Å². The second-order valence-electron chi connectivity index (χ2n) is 5.27. The van der Waals surface area contributed by atoms with Crippen LogP contribution in [0.3, 0.4) is 0 Å². The van der Waals surface area contributed by atoms with Crippen LogP contribution in [-0.4, -0.2) is 25.3 Å². The van der Waals surface area contributed by atoms with Crippen LogP contribution in [0.4, 0.5) is 0 Å². The molecule has 4 aliphatic rings. The third-order valence-corrected chi connectivity index (χ3v) is 12.6. The number of rotatable bonds is 1. The molecule has 4 aliphatic heterocycles. The first-order chi connectivity index (χ1) is 7.51. The monoisotopic (exact) mass is 256 g/mol. The third kappa shape index (κ3) is 0.719. The van der Waals surface area contributed by atoms with E-state index in [4.69, 9.17) is 0 Å². The molecule has 1 aromatic carbocycles. The zero-order valence-corrected chi connectivity index (χ0v) is 10.5. The summed E-state index contributed by atoms with van der Waals surface area (Å²) in [6.07, 6.45) is 6.10. The first-order valence-corrected chi connectivity index (χ1v) is 9.73. The second kappa shape index (κ2) is 2.24. The molecular weight excluding hydrogens is 243 g/mol. The molecule has 0 saturated carbocycles. The molecule has 1 N–H and O–H groups in total. The van der Waals surface area contributed by atoms with E-state index < -0.39 is 16.7 Å². The van der Waals surface area contributed by atoms with Gasteiger partial charge in [-0.05, 0) is 0 Å². The minimum absolute atomic E-state index is 0.220. The van der Waals surface area contributed by atoms with Crippen LogP contribution in [0.25, 0.3) is 0 Å². The van der Waals surface area contributed by atoms with E-state index in [2.05, 4.69) is 0 Å². The van der Waals surface area contributed by atoms with Crippen LogP contribution in [0.15, 0.2) is 17.0 Å². The Balaban J connectivity index is 1.94. The quantitative estimate of drug-likeness (QED) is 0.590. The van der Waals surface area contributed by atoms with Gasteiger partial charge in [0.1, 0.15) is 0 Å². The maximum atomic E-state index is 11.3. The van der Waals surface area contributed by atoms with Gasteiger partial charge in [0, 0.05) is 0 Å². The summed E-state index contributed by atoms with van der Waals surface area (Å²) >= 11 is 0. The van der Waals surface area contributed by atoms with Crippen LogP contribution in [0.2, 0.25) is 0 Å². The average molecular weight is 256 g/mol. The molecule has 86 valence electrons. The summed E-state index contributed by atoms with van der Waals surface area (Å²) in [4.78, 5) is 0.220. The topological polar surface area (TPSA) is 54.4 Å². The molecule has 16 heavy (non-hydrogen) atoms. The van der Waals surface area contributed by atoms with E-state index in [1.54, 1.807) is 6.07 Å². The van der Waals surface area contributed by atoms with Crippen LogP contribution in [0.5, 0.6) is 0 Å². The molecule has 1 saturated heterocycles. The normalized spacial score (nSPS) is 28.9. The van der Waals surface area contributed by atoms with Crippen molar-refractivity contribution in [2.24, 2.45) is 0 Å². The first-order valence-electron chi connectivity index (χ1n) is 5.68. The second-order valence-corrected chi connectivity index (χ2v) is 11.9. The molecule has 0 aliphatic carbocycles. The Morgan fingerprint density at radius 1 is 1.06 bits per heavy atom. The van der Waals surface area contributed by atoms with Gasteiger partial charge in [-0.25, -0.2) is 0 Å². The number of fused-ring (bicyclic) bond motifs is 2. The molecule has 0 unspecified atom stereocenters. The Morgan fingerprint density at radius 3 is 2.38 bits per heavy atom. The molecule has 1 aromatic rings. The van der Waals surface area contributed by atoms with Crippen molar-refractivity contribution in [1.82, 2.24) is 0 Å². The van der Waals surface area contributed by atoms with E-state index in [0.717, 1.165) is 5.30 Å². The minimum atomic E-state index is -4.01. The summed E-state index contributed by atoms with van der Waals surface area (Å²) in [6.45, 7) is -1.88.